The van der Waals surface area contributed by atoms with Gasteiger partial charge in [0, 0.05) is 24.1 Å². The Morgan fingerprint density at radius 1 is 1.15 bits per heavy atom. The number of carbonyl (C=O) groups is 2. The van der Waals surface area contributed by atoms with Crippen molar-refractivity contribution in [2.75, 3.05) is 20.8 Å². The van der Waals surface area contributed by atoms with Gasteiger partial charge in [-0.1, -0.05) is 36.4 Å². The number of carbonyl (C=O) groups excluding carboxylic acids is 2. The van der Waals surface area contributed by atoms with Gasteiger partial charge in [0.25, 0.3) is 5.91 Å². The second kappa shape index (κ2) is 6.91. The summed E-state index contributed by atoms with van der Waals surface area (Å²) in [5.41, 5.74) is 3.92. The van der Waals surface area contributed by atoms with E-state index in [1.54, 1.807) is 13.2 Å². The molecule has 2 unspecified atom stereocenters. The lowest BCUT2D eigenvalue weighted by Crippen LogP contribution is -2.46. The van der Waals surface area contributed by atoms with E-state index in [0.29, 0.717) is 17.9 Å². The Morgan fingerprint density at radius 2 is 1.96 bits per heavy atom. The minimum absolute atomic E-state index is 0.00567. The largest absolute Gasteiger partial charge is 0.497 e. The van der Waals surface area contributed by atoms with Gasteiger partial charge in [-0.25, -0.2) is 4.79 Å². The first kappa shape index (κ1) is 17.3. The number of rotatable bonds is 3. The Hall–Kier alpha value is -3.08. The maximum absolute atomic E-state index is 13.2. The van der Waals surface area contributed by atoms with E-state index in [1.165, 1.54) is 18.7 Å². The van der Waals surface area contributed by atoms with Gasteiger partial charge in [0.2, 0.25) is 0 Å². The third kappa shape index (κ3) is 2.89. The van der Waals surface area contributed by atoms with E-state index in [9.17, 15) is 9.59 Å². The molecule has 2 aromatic carbocycles. The van der Waals surface area contributed by atoms with E-state index in [2.05, 4.69) is 12.1 Å². The average Bonchev–Trinajstić information content (AvgIpc) is 2.72. The van der Waals surface area contributed by atoms with Crippen molar-refractivity contribution in [3.63, 3.8) is 0 Å². The molecule has 0 bridgehead atoms. The molecular weight excluding hydrogens is 342 g/mol. The molecule has 0 spiro atoms. The van der Waals surface area contributed by atoms with Gasteiger partial charge in [-0.15, -0.1) is 0 Å². The molecule has 27 heavy (non-hydrogen) atoms. The third-order valence-electron chi connectivity index (χ3n) is 5.42. The number of methoxy groups -OCH3 is 2. The van der Waals surface area contributed by atoms with E-state index < -0.39 is 5.97 Å². The van der Waals surface area contributed by atoms with Crippen molar-refractivity contribution in [3.8, 4) is 5.75 Å². The molecule has 2 heterocycles. The number of esters is 1. The van der Waals surface area contributed by atoms with Crippen LogP contribution in [-0.4, -0.2) is 37.5 Å². The van der Waals surface area contributed by atoms with Gasteiger partial charge in [-0.2, -0.15) is 0 Å². The van der Waals surface area contributed by atoms with Crippen LogP contribution in [0, 0.1) is 0 Å². The van der Waals surface area contributed by atoms with Crippen molar-refractivity contribution in [2.24, 2.45) is 0 Å². The Kier molecular flexibility index (Phi) is 4.44. The Bertz CT molecular complexity index is 934. The molecule has 0 aliphatic carbocycles. The second-order valence-electron chi connectivity index (χ2n) is 6.75. The number of ether oxygens (including phenoxy) is 2. The van der Waals surface area contributed by atoms with Crippen molar-refractivity contribution in [1.29, 1.82) is 0 Å². The van der Waals surface area contributed by atoms with Crippen LogP contribution in [0.15, 0.2) is 54.6 Å². The molecule has 5 nitrogen and oxygen atoms in total. The third-order valence-corrected chi connectivity index (χ3v) is 5.42. The van der Waals surface area contributed by atoms with Gasteiger partial charge >= 0.3 is 5.97 Å². The zero-order valence-corrected chi connectivity index (χ0v) is 15.3. The zero-order chi connectivity index (χ0) is 19.0. The molecule has 5 heteroatoms. The monoisotopic (exact) mass is 363 g/mol. The lowest BCUT2D eigenvalue weighted by Gasteiger charge is -2.45. The Labute approximate surface area is 158 Å². The highest BCUT2D eigenvalue weighted by Crippen LogP contribution is 2.47. The minimum atomic E-state index is -0.405. The van der Waals surface area contributed by atoms with Crippen LogP contribution in [0.3, 0.4) is 0 Å². The lowest BCUT2D eigenvalue weighted by molar-refractivity contribution is -0.134. The summed E-state index contributed by atoms with van der Waals surface area (Å²) < 4.78 is 10.1. The van der Waals surface area contributed by atoms with Gasteiger partial charge in [0.1, 0.15) is 5.75 Å². The highest BCUT2D eigenvalue weighted by Gasteiger charge is 2.42. The molecule has 1 amide bonds. The van der Waals surface area contributed by atoms with E-state index in [1.807, 2.05) is 35.2 Å². The van der Waals surface area contributed by atoms with Crippen LogP contribution in [0.4, 0.5) is 0 Å². The van der Waals surface area contributed by atoms with Crippen LogP contribution in [0.5, 0.6) is 5.75 Å². The summed E-state index contributed by atoms with van der Waals surface area (Å²) in [5.74, 6) is 0.113. The molecule has 0 saturated carbocycles. The summed E-state index contributed by atoms with van der Waals surface area (Å²) in [6.07, 6.45) is 4.12. The Balaban J connectivity index is 1.89. The van der Waals surface area contributed by atoms with E-state index in [-0.39, 0.29) is 17.9 Å². The summed E-state index contributed by atoms with van der Waals surface area (Å²) in [6, 6.07) is 13.6. The quantitative estimate of drug-likeness (QED) is 0.620. The Morgan fingerprint density at radius 3 is 2.74 bits per heavy atom. The summed E-state index contributed by atoms with van der Waals surface area (Å²) in [7, 11) is 2.95. The number of fused-ring (bicyclic) bond motifs is 4. The summed E-state index contributed by atoms with van der Waals surface area (Å²) in [4.78, 5) is 26.9. The van der Waals surface area contributed by atoms with Gasteiger partial charge in [-0.3, -0.25) is 4.79 Å². The lowest BCUT2D eigenvalue weighted by atomic mass is 9.76. The fourth-order valence-electron chi connectivity index (χ4n) is 4.14. The maximum Gasteiger partial charge on any atom is 0.330 e. The standard InChI is InChI=1S/C22H21NO4/c1-26-15-7-8-17-18(9-10-20(24)27-2)21-16-6-4-3-5-14(16)11-12-23(21)22(25)19(17)13-15/h3-10,13,18,21H,11-12H2,1-2H3/b10-9+. The van der Waals surface area contributed by atoms with Crippen molar-refractivity contribution in [3.05, 3.63) is 76.9 Å². The molecule has 2 aliphatic heterocycles. The minimum Gasteiger partial charge on any atom is -0.497 e. The van der Waals surface area contributed by atoms with Gasteiger partial charge < -0.3 is 14.4 Å². The topological polar surface area (TPSA) is 55.8 Å². The highest BCUT2D eigenvalue weighted by atomic mass is 16.5. The average molecular weight is 363 g/mol. The van der Waals surface area contributed by atoms with Gasteiger partial charge in [0.15, 0.2) is 0 Å². The summed E-state index contributed by atoms with van der Waals surface area (Å²) in [5, 5.41) is 0. The zero-order valence-electron chi connectivity index (χ0n) is 15.3. The molecular formula is C22H21NO4. The number of hydrogen-bond donors (Lipinski definition) is 0. The molecule has 138 valence electrons. The van der Waals surface area contributed by atoms with E-state index >= 15 is 0 Å². The maximum atomic E-state index is 13.2. The molecule has 0 radical (unpaired) electrons. The van der Waals surface area contributed by atoms with E-state index in [0.717, 1.165) is 17.5 Å². The molecule has 2 atom stereocenters. The number of amides is 1. The van der Waals surface area contributed by atoms with Crippen molar-refractivity contribution in [1.82, 2.24) is 4.90 Å². The fourth-order valence-corrected chi connectivity index (χ4v) is 4.14. The van der Waals surface area contributed by atoms with Crippen molar-refractivity contribution in [2.45, 2.75) is 18.4 Å². The van der Waals surface area contributed by atoms with Crippen molar-refractivity contribution < 1.29 is 19.1 Å². The van der Waals surface area contributed by atoms with Crippen molar-refractivity contribution >= 4 is 11.9 Å². The predicted molar refractivity (Wildman–Crippen MR) is 101 cm³/mol. The van der Waals surface area contributed by atoms with Crippen LogP contribution >= 0.6 is 0 Å². The molecule has 0 fully saturated rings. The number of hydrogen-bond acceptors (Lipinski definition) is 4. The van der Waals surface area contributed by atoms with Crippen LogP contribution in [0.1, 0.15) is 39.0 Å². The first-order chi connectivity index (χ1) is 13.1. The van der Waals surface area contributed by atoms with Gasteiger partial charge in [-0.05, 0) is 35.2 Å². The molecule has 2 aromatic rings. The van der Waals surface area contributed by atoms with Crippen LogP contribution in [0.25, 0.3) is 0 Å². The fraction of sp³-hybridized carbons (Fsp3) is 0.273. The van der Waals surface area contributed by atoms with Gasteiger partial charge in [0.05, 0.1) is 20.3 Å². The normalized spacial score (nSPS) is 20.7. The van der Waals surface area contributed by atoms with Crippen LogP contribution < -0.4 is 4.74 Å². The SMILES string of the molecule is COC(=O)/C=C/C1c2ccc(OC)cc2C(=O)N2CCc3ccccc3C12. The second-order valence-corrected chi connectivity index (χ2v) is 6.75. The van der Waals surface area contributed by atoms with E-state index in [4.69, 9.17) is 9.47 Å². The number of nitrogens with zero attached hydrogens (tertiary/aromatic N) is 1. The molecule has 0 saturated heterocycles. The smallest absolute Gasteiger partial charge is 0.330 e. The summed E-state index contributed by atoms with van der Waals surface area (Å²) in [6.45, 7) is 0.653. The molecule has 0 N–H and O–H groups in total. The predicted octanol–water partition coefficient (Wildman–Crippen LogP) is 3.26. The van der Waals surface area contributed by atoms with Crippen LogP contribution in [-0.2, 0) is 16.0 Å². The molecule has 4 rings (SSSR count). The first-order valence-corrected chi connectivity index (χ1v) is 8.97. The summed E-state index contributed by atoms with van der Waals surface area (Å²) >= 11 is 0. The van der Waals surface area contributed by atoms with Crippen LogP contribution in [0.2, 0.25) is 0 Å². The number of benzene rings is 2. The molecule has 2 aliphatic rings. The first-order valence-electron chi connectivity index (χ1n) is 8.97. The highest BCUT2D eigenvalue weighted by molar-refractivity contribution is 5.98. The molecule has 0 aromatic heterocycles.